The first kappa shape index (κ1) is 17.7. The second-order valence-electron chi connectivity index (χ2n) is 5.34. The lowest BCUT2D eigenvalue weighted by atomic mass is 10.1. The molecular weight excluding hydrogens is 346 g/mol. The highest BCUT2D eigenvalue weighted by atomic mass is 32.2. The van der Waals surface area contributed by atoms with E-state index in [1.165, 1.54) is 17.8 Å². The van der Waals surface area contributed by atoms with Crippen LogP contribution in [0.15, 0.2) is 89.1 Å². The van der Waals surface area contributed by atoms with E-state index in [9.17, 15) is 9.90 Å². The van der Waals surface area contributed by atoms with Crippen molar-refractivity contribution in [2.75, 3.05) is 5.75 Å². The van der Waals surface area contributed by atoms with E-state index < -0.39 is 5.91 Å². The number of amides is 1. The normalized spacial score (nSPS) is 11.2. The number of nitrogens with one attached hydrogen (secondary N) is 1. The number of pyridine rings is 1. The number of thioether (sulfide) groups is 1. The van der Waals surface area contributed by atoms with Gasteiger partial charge in [-0.1, -0.05) is 60.3 Å². The quantitative estimate of drug-likeness (QED) is 0.398. The third-order valence-corrected chi connectivity index (χ3v) is 4.50. The Labute approximate surface area is 155 Å². The standard InChI is InChI=1S/C20H17N3O2S/c24-18-11-5-4-10-16(18)20(25)23-22-17(15-8-2-1-3-9-15)14-26-19-12-6-7-13-21-19/h1-13,24H,14H2,(H,23,25). The molecule has 0 fully saturated rings. The molecule has 2 N–H and O–H groups in total. The number of hydrogen-bond donors (Lipinski definition) is 2. The Morgan fingerprint density at radius 2 is 1.73 bits per heavy atom. The molecule has 0 aliphatic carbocycles. The molecule has 1 amide bonds. The van der Waals surface area contributed by atoms with E-state index in [4.69, 9.17) is 0 Å². The maximum Gasteiger partial charge on any atom is 0.275 e. The van der Waals surface area contributed by atoms with Gasteiger partial charge in [0.05, 0.1) is 16.3 Å². The summed E-state index contributed by atoms with van der Waals surface area (Å²) < 4.78 is 0. The zero-order valence-corrected chi connectivity index (χ0v) is 14.7. The number of hydrogen-bond acceptors (Lipinski definition) is 5. The number of carbonyl (C=O) groups is 1. The lowest BCUT2D eigenvalue weighted by Crippen LogP contribution is -2.21. The van der Waals surface area contributed by atoms with Crippen LogP contribution in [-0.2, 0) is 0 Å². The number of nitrogens with zero attached hydrogens (tertiary/aromatic N) is 2. The first-order valence-electron chi connectivity index (χ1n) is 7.98. The Bertz CT molecular complexity index is 899. The number of phenols is 1. The van der Waals surface area contributed by atoms with Crippen LogP contribution in [0, 0.1) is 0 Å². The number of hydrazone groups is 1. The molecule has 1 heterocycles. The van der Waals surface area contributed by atoms with E-state index in [1.807, 2.05) is 48.5 Å². The summed E-state index contributed by atoms with van der Waals surface area (Å²) in [7, 11) is 0. The van der Waals surface area contributed by atoms with Gasteiger partial charge in [-0.3, -0.25) is 4.79 Å². The maximum absolute atomic E-state index is 12.3. The van der Waals surface area contributed by atoms with E-state index >= 15 is 0 Å². The molecule has 3 aromatic rings. The van der Waals surface area contributed by atoms with Gasteiger partial charge in [0.2, 0.25) is 0 Å². The van der Waals surface area contributed by atoms with Crippen molar-refractivity contribution in [3.8, 4) is 5.75 Å². The van der Waals surface area contributed by atoms with Gasteiger partial charge in [0.1, 0.15) is 5.75 Å². The average molecular weight is 363 g/mol. The number of carbonyl (C=O) groups excluding carboxylic acids is 1. The van der Waals surface area contributed by atoms with Gasteiger partial charge in [-0.15, -0.1) is 0 Å². The highest BCUT2D eigenvalue weighted by Gasteiger charge is 2.11. The van der Waals surface area contributed by atoms with Gasteiger partial charge in [-0.25, -0.2) is 10.4 Å². The van der Waals surface area contributed by atoms with Crippen molar-refractivity contribution in [1.82, 2.24) is 10.4 Å². The van der Waals surface area contributed by atoms with Gasteiger partial charge in [0, 0.05) is 11.9 Å². The predicted octanol–water partition coefficient (Wildman–Crippen LogP) is 3.71. The molecule has 130 valence electrons. The molecule has 0 spiro atoms. The van der Waals surface area contributed by atoms with Crippen molar-refractivity contribution in [2.24, 2.45) is 5.10 Å². The summed E-state index contributed by atoms with van der Waals surface area (Å²) in [6.45, 7) is 0. The molecule has 0 unspecified atom stereocenters. The van der Waals surface area contributed by atoms with Crippen LogP contribution in [0.2, 0.25) is 0 Å². The van der Waals surface area contributed by atoms with Gasteiger partial charge in [-0.2, -0.15) is 5.10 Å². The van der Waals surface area contributed by atoms with E-state index in [-0.39, 0.29) is 11.3 Å². The summed E-state index contributed by atoms with van der Waals surface area (Å²) in [5, 5.41) is 15.0. The Morgan fingerprint density at radius 1 is 1.00 bits per heavy atom. The fraction of sp³-hybridized carbons (Fsp3) is 0.0500. The fourth-order valence-electron chi connectivity index (χ4n) is 2.23. The number of phenolic OH excluding ortho intramolecular Hbond substituents is 1. The fourth-order valence-corrected chi connectivity index (χ4v) is 3.06. The number of para-hydroxylation sites is 1. The van der Waals surface area contributed by atoms with Crippen LogP contribution in [0.5, 0.6) is 5.75 Å². The zero-order chi connectivity index (χ0) is 18.2. The monoisotopic (exact) mass is 363 g/mol. The van der Waals surface area contributed by atoms with E-state index in [0.29, 0.717) is 11.5 Å². The lowest BCUT2D eigenvalue weighted by Gasteiger charge is -2.08. The Kier molecular flexibility index (Phi) is 6.01. The molecule has 3 rings (SSSR count). The molecule has 0 aliphatic heterocycles. The Hall–Kier alpha value is -3.12. The van der Waals surface area contributed by atoms with Crippen LogP contribution in [0.3, 0.4) is 0 Å². The molecule has 6 heteroatoms. The van der Waals surface area contributed by atoms with E-state index in [2.05, 4.69) is 15.5 Å². The molecule has 5 nitrogen and oxygen atoms in total. The van der Waals surface area contributed by atoms with Crippen molar-refractivity contribution in [3.63, 3.8) is 0 Å². The first-order chi connectivity index (χ1) is 12.7. The maximum atomic E-state index is 12.3. The molecule has 0 saturated heterocycles. The van der Waals surface area contributed by atoms with Crippen LogP contribution in [-0.4, -0.2) is 27.5 Å². The molecule has 0 aliphatic rings. The van der Waals surface area contributed by atoms with E-state index in [0.717, 1.165) is 10.6 Å². The third-order valence-electron chi connectivity index (χ3n) is 3.54. The topological polar surface area (TPSA) is 74.6 Å². The van der Waals surface area contributed by atoms with Crippen molar-refractivity contribution in [2.45, 2.75) is 5.03 Å². The molecule has 26 heavy (non-hydrogen) atoms. The largest absolute Gasteiger partial charge is 0.507 e. The van der Waals surface area contributed by atoms with Crippen LogP contribution in [0.1, 0.15) is 15.9 Å². The highest BCUT2D eigenvalue weighted by molar-refractivity contribution is 7.99. The molecule has 0 saturated carbocycles. The summed E-state index contributed by atoms with van der Waals surface area (Å²) in [5.41, 5.74) is 4.34. The number of rotatable bonds is 6. The smallest absolute Gasteiger partial charge is 0.275 e. The zero-order valence-electron chi connectivity index (χ0n) is 13.9. The summed E-state index contributed by atoms with van der Waals surface area (Å²) in [4.78, 5) is 16.6. The van der Waals surface area contributed by atoms with Crippen LogP contribution in [0.25, 0.3) is 0 Å². The number of aromatic nitrogens is 1. The third kappa shape index (κ3) is 4.70. The van der Waals surface area contributed by atoms with Gasteiger partial charge in [0.25, 0.3) is 5.91 Å². The van der Waals surface area contributed by atoms with Crippen LogP contribution in [0.4, 0.5) is 0 Å². The minimum absolute atomic E-state index is 0.0793. The van der Waals surface area contributed by atoms with Gasteiger partial charge < -0.3 is 5.11 Å². The second kappa shape index (κ2) is 8.82. The summed E-state index contributed by atoms with van der Waals surface area (Å²) in [6, 6.07) is 21.7. The van der Waals surface area contributed by atoms with Gasteiger partial charge in [0.15, 0.2) is 0 Å². The molecule has 0 bridgehead atoms. The SMILES string of the molecule is O=C(NN=C(CSc1ccccn1)c1ccccc1)c1ccccc1O. The second-order valence-corrected chi connectivity index (χ2v) is 6.33. The van der Waals surface area contributed by atoms with Gasteiger partial charge in [-0.05, 0) is 29.8 Å². The molecule has 0 atom stereocenters. The van der Waals surface area contributed by atoms with Crippen molar-refractivity contribution >= 4 is 23.4 Å². The summed E-state index contributed by atoms with van der Waals surface area (Å²) in [6.07, 6.45) is 1.74. The Balaban J connectivity index is 1.77. The van der Waals surface area contributed by atoms with Crippen molar-refractivity contribution < 1.29 is 9.90 Å². The number of aromatic hydroxyl groups is 1. The van der Waals surface area contributed by atoms with Gasteiger partial charge >= 0.3 is 0 Å². The van der Waals surface area contributed by atoms with Crippen molar-refractivity contribution in [3.05, 3.63) is 90.1 Å². The predicted molar refractivity (Wildman–Crippen MR) is 104 cm³/mol. The summed E-state index contributed by atoms with van der Waals surface area (Å²) >= 11 is 1.53. The lowest BCUT2D eigenvalue weighted by molar-refractivity contribution is 0.0952. The van der Waals surface area contributed by atoms with Crippen molar-refractivity contribution in [1.29, 1.82) is 0 Å². The molecule has 1 aromatic heterocycles. The summed E-state index contributed by atoms with van der Waals surface area (Å²) in [5.74, 6) is 0.00548. The Morgan fingerprint density at radius 3 is 2.46 bits per heavy atom. The molecule has 0 radical (unpaired) electrons. The molecule has 2 aromatic carbocycles. The highest BCUT2D eigenvalue weighted by Crippen LogP contribution is 2.17. The average Bonchev–Trinajstić information content (AvgIpc) is 2.69. The van der Waals surface area contributed by atoms with E-state index in [1.54, 1.807) is 24.4 Å². The number of benzene rings is 2. The minimum Gasteiger partial charge on any atom is -0.507 e. The van der Waals surface area contributed by atoms with Crippen LogP contribution >= 0.6 is 11.8 Å². The molecular formula is C20H17N3O2S. The first-order valence-corrected chi connectivity index (χ1v) is 8.97. The van der Waals surface area contributed by atoms with Crippen LogP contribution < -0.4 is 5.43 Å². The minimum atomic E-state index is -0.459.